The van der Waals surface area contributed by atoms with Gasteiger partial charge in [0.2, 0.25) is 0 Å². The second-order valence-corrected chi connectivity index (χ2v) is 5.27. The van der Waals surface area contributed by atoms with E-state index >= 15 is 0 Å². The average molecular weight is 424 g/mol. The van der Waals surface area contributed by atoms with Crippen molar-refractivity contribution in [3.8, 4) is 5.75 Å². The summed E-state index contributed by atoms with van der Waals surface area (Å²) in [6, 6.07) is 20.2. The van der Waals surface area contributed by atoms with Crippen LogP contribution < -0.4 is 4.65 Å². The van der Waals surface area contributed by atoms with Gasteiger partial charge in [-0.25, -0.2) is 13.4 Å². The molecule has 0 aliphatic rings. The smallest absolute Gasteiger partial charge is 0.748 e. The van der Waals surface area contributed by atoms with Crippen LogP contribution in [0.3, 0.4) is 0 Å². The zero-order valence-electron chi connectivity index (χ0n) is 14.4. The Kier molecular flexibility index (Phi) is 9.64. The quantitative estimate of drug-likeness (QED) is 0.270. The number of hydrogen-bond donors (Lipinski definition) is 1. The Hall–Kier alpha value is -2.96. The van der Waals surface area contributed by atoms with Crippen molar-refractivity contribution in [1.82, 2.24) is 0 Å². The predicted octanol–water partition coefficient (Wildman–Crippen LogP) is 4.71. The van der Waals surface area contributed by atoms with E-state index in [4.69, 9.17) is 5.11 Å². The van der Waals surface area contributed by atoms with E-state index in [1.165, 1.54) is 12.2 Å². The van der Waals surface area contributed by atoms with Crippen LogP contribution in [0.5, 0.6) is 5.75 Å². The number of benzene rings is 1. The van der Waals surface area contributed by atoms with Crippen LogP contribution in [0.1, 0.15) is 26.3 Å². The molecule has 0 saturated carbocycles. The van der Waals surface area contributed by atoms with Gasteiger partial charge in [-0.05, 0) is 18.2 Å². The van der Waals surface area contributed by atoms with E-state index < -0.39 is 19.2 Å². The summed E-state index contributed by atoms with van der Waals surface area (Å²) in [6.07, 6.45) is 2.68. The number of carbonyl (C=O) groups is 2. The number of carbonyl (C=O) groups excluding carboxylic acids is 1. The number of hydrogen-bond acceptors (Lipinski definition) is 3. The third kappa shape index (κ3) is 7.35. The van der Waals surface area contributed by atoms with Gasteiger partial charge < -0.3 is 44.9 Å². The number of aromatic carboxylic acids is 1. The number of halogens is 2. The van der Waals surface area contributed by atoms with Gasteiger partial charge in [0.05, 0.1) is 11.1 Å². The molecule has 0 amide bonds. The van der Waals surface area contributed by atoms with E-state index in [9.17, 15) is 18.2 Å². The molecule has 3 aromatic carbocycles. The normalized spacial score (nSPS) is 9.79. The van der Waals surface area contributed by atoms with Crippen molar-refractivity contribution in [3.05, 3.63) is 95.6 Å². The van der Waals surface area contributed by atoms with E-state index in [-0.39, 0.29) is 33.9 Å². The standard InChI is InChI=1S/C15H10BF2O4.C5H5.Fe/c17-16(18)22-14-8-6-11(15(20)21)9-12(14)13(19)7-5-10-3-1-2-4-10;1-2-4-5-3-1;/h1-9H,(H,20,21);1-5H;/q-1;-5;. The van der Waals surface area contributed by atoms with Crippen LogP contribution in [0, 0.1) is 0 Å². The van der Waals surface area contributed by atoms with Crippen molar-refractivity contribution in [2.24, 2.45) is 0 Å². The summed E-state index contributed by atoms with van der Waals surface area (Å²) in [5, 5.41) is 8.93. The molecule has 150 valence electrons. The summed E-state index contributed by atoms with van der Waals surface area (Å²) in [5.41, 5.74) is 0.341. The second-order valence-electron chi connectivity index (χ2n) is 5.27. The maximum absolute atomic E-state index is 12.4. The molecule has 0 aromatic heterocycles. The summed E-state index contributed by atoms with van der Waals surface area (Å²) in [7, 11) is -3.11. The van der Waals surface area contributed by atoms with Crippen LogP contribution in [0.25, 0.3) is 6.08 Å². The van der Waals surface area contributed by atoms with Crippen LogP contribution in [0.15, 0.2) is 78.9 Å². The molecule has 0 unspecified atom stereocenters. The van der Waals surface area contributed by atoms with E-state index in [0.717, 1.165) is 23.8 Å². The van der Waals surface area contributed by atoms with Gasteiger partial charge in [-0.1, -0.05) is 6.08 Å². The SMILES string of the molecule is O=C(O)c1ccc(OB(F)F)c(C(=O)C=C[c-]2cccc2)c1.[Fe].[cH-]1[cH-][cH-][cH-][cH-]1. The Morgan fingerprint density at radius 3 is 2.14 bits per heavy atom. The maximum atomic E-state index is 12.4. The van der Waals surface area contributed by atoms with Gasteiger partial charge in [0.1, 0.15) is 11.5 Å². The molecule has 0 bridgehead atoms. The van der Waals surface area contributed by atoms with E-state index in [1.54, 1.807) is 24.3 Å². The Balaban J connectivity index is 0.000000567. The molecule has 0 aliphatic heterocycles. The number of allylic oxidation sites excluding steroid dienone is 1. The summed E-state index contributed by atoms with van der Waals surface area (Å²) >= 11 is 0. The van der Waals surface area contributed by atoms with Gasteiger partial charge in [-0.15, -0.1) is 23.8 Å². The first kappa shape index (κ1) is 23.1. The van der Waals surface area contributed by atoms with Gasteiger partial charge >= 0.3 is 13.4 Å². The first-order chi connectivity index (χ1) is 13.0. The minimum atomic E-state index is -3.11. The molecule has 0 fully saturated rings. The molecule has 0 atom stereocenters. The van der Waals surface area contributed by atoms with Crippen molar-refractivity contribution in [3.63, 3.8) is 0 Å². The second kappa shape index (κ2) is 11.7. The van der Waals surface area contributed by atoms with Crippen LogP contribution in [0.2, 0.25) is 0 Å². The van der Waals surface area contributed by atoms with Gasteiger partial charge in [0.25, 0.3) is 0 Å². The number of carboxylic acids is 1. The third-order valence-electron chi connectivity index (χ3n) is 3.38. The van der Waals surface area contributed by atoms with E-state index in [0.29, 0.717) is 0 Å². The molecule has 0 aliphatic carbocycles. The van der Waals surface area contributed by atoms with Crippen LogP contribution in [-0.4, -0.2) is 24.3 Å². The molecule has 3 rings (SSSR count). The van der Waals surface area contributed by atoms with Crippen molar-refractivity contribution >= 4 is 25.3 Å². The minimum Gasteiger partial charge on any atom is -0.748 e. The molecule has 0 saturated heterocycles. The number of ketones is 1. The van der Waals surface area contributed by atoms with Crippen molar-refractivity contribution < 1.29 is 45.0 Å². The molecule has 0 spiro atoms. The van der Waals surface area contributed by atoms with Gasteiger partial charge in [-0.3, -0.25) is 0 Å². The fourth-order valence-corrected chi connectivity index (χ4v) is 2.14. The molecule has 4 nitrogen and oxygen atoms in total. The Morgan fingerprint density at radius 1 is 1.07 bits per heavy atom. The summed E-state index contributed by atoms with van der Waals surface area (Å²) in [6.45, 7) is 0. The molecule has 0 heterocycles. The first-order valence-corrected chi connectivity index (χ1v) is 7.90. The maximum Gasteiger partial charge on any atom is 0.796 e. The van der Waals surface area contributed by atoms with Gasteiger partial charge in [0, 0.05) is 17.1 Å². The Morgan fingerprint density at radius 2 is 1.64 bits per heavy atom. The van der Waals surface area contributed by atoms with E-state index in [2.05, 4.69) is 4.65 Å². The Labute approximate surface area is 171 Å². The molecule has 0 radical (unpaired) electrons. The Bertz CT molecular complexity index is 874. The van der Waals surface area contributed by atoms with Crippen LogP contribution in [0.4, 0.5) is 8.63 Å². The van der Waals surface area contributed by atoms with Crippen molar-refractivity contribution in [2.45, 2.75) is 0 Å². The minimum absolute atomic E-state index is 0. The molecule has 8 heteroatoms. The van der Waals surface area contributed by atoms with Crippen LogP contribution >= 0.6 is 0 Å². The summed E-state index contributed by atoms with van der Waals surface area (Å²) < 4.78 is 29.0. The molecule has 3 aromatic rings. The molecular formula is C20H15BF2FeO4-6. The van der Waals surface area contributed by atoms with Crippen molar-refractivity contribution in [2.75, 3.05) is 0 Å². The van der Waals surface area contributed by atoms with E-state index in [1.807, 2.05) is 30.3 Å². The molecule has 28 heavy (non-hydrogen) atoms. The van der Waals surface area contributed by atoms with Gasteiger partial charge in [-0.2, -0.15) is 12.1 Å². The monoisotopic (exact) mass is 424 g/mol. The molecular weight excluding hydrogens is 409 g/mol. The third-order valence-corrected chi connectivity index (χ3v) is 3.38. The van der Waals surface area contributed by atoms with Gasteiger partial charge in [0.15, 0.2) is 0 Å². The zero-order chi connectivity index (χ0) is 19.6. The first-order valence-electron chi connectivity index (χ1n) is 7.90. The fraction of sp³-hybridized carbons (Fsp3) is 0. The van der Waals surface area contributed by atoms with Crippen molar-refractivity contribution in [1.29, 1.82) is 0 Å². The number of carboxylic acid groups (broad SMARTS) is 1. The topological polar surface area (TPSA) is 63.6 Å². The largest absolute Gasteiger partial charge is 0.796 e. The summed E-state index contributed by atoms with van der Waals surface area (Å²) in [4.78, 5) is 23.0. The molecule has 1 N–H and O–H groups in total. The predicted molar refractivity (Wildman–Crippen MR) is 99.4 cm³/mol. The fourth-order valence-electron chi connectivity index (χ4n) is 2.14. The zero-order valence-corrected chi connectivity index (χ0v) is 15.5. The summed E-state index contributed by atoms with van der Waals surface area (Å²) in [5.74, 6) is -2.25. The van der Waals surface area contributed by atoms with Crippen LogP contribution in [-0.2, 0) is 17.1 Å². The average Bonchev–Trinajstić information content (AvgIpc) is 3.35. The number of rotatable bonds is 6.